The summed E-state index contributed by atoms with van der Waals surface area (Å²) in [7, 11) is 1.41. The number of hydrogen-bond donors (Lipinski definition) is 1. The summed E-state index contributed by atoms with van der Waals surface area (Å²) in [5, 5.41) is 2.83. The molecule has 0 radical (unpaired) electrons. The van der Waals surface area contributed by atoms with Crippen LogP contribution in [0.5, 0.6) is 5.75 Å². The number of nitrogens with one attached hydrogen (secondary N) is 1. The van der Waals surface area contributed by atoms with Gasteiger partial charge in [0, 0.05) is 5.69 Å². The summed E-state index contributed by atoms with van der Waals surface area (Å²) < 4.78 is 18.5. The Balaban J connectivity index is 1.98. The number of carbonyl (C=O) groups excluding carboxylic acids is 1. The molecular weight excluding hydrogens is 293 g/mol. The fourth-order valence-electron chi connectivity index (χ4n) is 2.34. The van der Waals surface area contributed by atoms with Crippen LogP contribution in [0.3, 0.4) is 0 Å². The first-order valence-electron chi connectivity index (χ1n) is 7.75. The molecule has 3 nitrogen and oxygen atoms in total. The van der Waals surface area contributed by atoms with E-state index in [1.807, 2.05) is 24.3 Å². The quantitative estimate of drug-likeness (QED) is 0.850. The lowest BCUT2D eigenvalue weighted by atomic mass is 9.98. The lowest BCUT2D eigenvalue weighted by Crippen LogP contribution is -2.14. The van der Waals surface area contributed by atoms with E-state index in [0.717, 1.165) is 12.1 Å². The van der Waals surface area contributed by atoms with Crippen LogP contribution < -0.4 is 10.1 Å². The number of benzene rings is 2. The predicted molar refractivity (Wildman–Crippen MR) is 90.4 cm³/mol. The van der Waals surface area contributed by atoms with Gasteiger partial charge in [0.2, 0.25) is 5.91 Å². The molecule has 1 atom stereocenters. The van der Waals surface area contributed by atoms with E-state index in [0.29, 0.717) is 11.5 Å². The number of ether oxygens (including phenoxy) is 1. The van der Waals surface area contributed by atoms with Crippen molar-refractivity contribution >= 4 is 11.6 Å². The molecule has 2 rings (SSSR count). The number of halogens is 1. The smallest absolute Gasteiger partial charge is 0.228 e. The van der Waals surface area contributed by atoms with Crippen molar-refractivity contribution in [3.05, 3.63) is 59.4 Å². The normalized spacial score (nSPS) is 11.8. The van der Waals surface area contributed by atoms with E-state index in [4.69, 9.17) is 4.74 Å². The molecule has 122 valence electrons. The van der Waals surface area contributed by atoms with Gasteiger partial charge in [-0.25, -0.2) is 4.39 Å². The number of anilines is 1. The maximum absolute atomic E-state index is 13.6. The number of methoxy groups -OCH3 is 1. The maximum Gasteiger partial charge on any atom is 0.228 e. The molecule has 0 spiro atoms. The second kappa shape index (κ2) is 7.77. The van der Waals surface area contributed by atoms with Crippen LogP contribution in [-0.2, 0) is 11.2 Å². The molecule has 23 heavy (non-hydrogen) atoms. The third kappa shape index (κ3) is 4.55. The van der Waals surface area contributed by atoms with Crippen molar-refractivity contribution in [3.63, 3.8) is 0 Å². The number of hydrogen-bond acceptors (Lipinski definition) is 2. The van der Waals surface area contributed by atoms with Gasteiger partial charge < -0.3 is 10.1 Å². The molecule has 0 saturated heterocycles. The standard InChI is InChI=1S/C19H22FNO2/c1-4-13(2)15-6-8-16(9-7-15)21-19(22)12-14-5-10-18(23-3)17(20)11-14/h5-11,13H,4,12H2,1-3H3,(H,21,22). The molecule has 1 unspecified atom stereocenters. The molecule has 0 fully saturated rings. The lowest BCUT2D eigenvalue weighted by molar-refractivity contribution is -0.115. The van der Waals surface area contributed by atoms with E-state index < -0.39 is 5.82 Å². The second-order valence-corrected chi connectivity index (χ2v) is 5.63. The van der Waals surface area contributed by atoms with E-state index in [-0.39, 0.29) is 18.1 Å². The minimum absolute atomic E-state index is 0.119. The summed E-state index contributed by atoms with van der Waals surface area (Å²) in [6.45, 7) is 4.32. The highest BCUT2D eigenvalue weighted by atomic mass is 19.1. The number of amides is 1. The Kier molecular flexibility index (Phi) is 5.74. The van der Waals surface area contributed by atoms with Gasteiger partial charge in [0.1, 0.15) is 0 Å². The zero-order valence-electron chi connectivity index (χ0n) is 13.7. The largest absolute Gasteiger partial charge is 0.494 e. The van der Waals surface area contributed by atoms with Crippen LogP contribution in [0.4, 0.5) is 10.1 Å². The van der Waals surface area contributed by atoms with Gasteiger partial charge in [-0.15, -0.1) is 0 Å². The Morgan fingerprint density at radius 1 is 1.22 bits per heavy atom. The first-order chi connectivity index (χ1) is 11.0. The third-order valence-corrected chi connectivity index (χ3v) is 3.96. The number of carbonyl (C=O) groups is 1. The molecule has 0 aromatic heterocycles. The van der Waals surface area contributed by atoms with Crippen molar-refractivity contribution in [1.82, 2.24) is 0 Å². The van der Waals surface area contributed by atoms with Gasteiger partial charge in [-0.1, -0.05) is 32.0 Å². The number of rotatable bonds is 6. The lowest BCUT2D eigenvalue weighted by Gasteiger charge is -2.11. The first kappa shape index (κ1) is 17.0. The maximum atomic E-state index is 13.6. The molecular formula is C19H22FNO2. The van der Waals surface area contributed by atoms with Crippen molar-refractivity contribution in [2.75, 3.05) is 12.4 Å². The van der Waals surface area contributed by atoms with Crippen molar-refractivity contribution in [1.29, 1.82) is 0 Å². The molecule has 0 aliphatic carbocycles. The Morgan fingerprint density at radius 2 is 1.91 bits per heavy atom. The fourth-order valence-corrected chi connectivity index (χ4v) is 2.34. The predicted octanol–water partition coefficient (Wildman–Crippen LogP) is 4.53. The summed E-state index contributed by atoms with van der Waals surface area (Å²) in [6.07, 6.45) is 1.20. The van der Waals surface area contributed by atoms with Crippen LogP contribution in [0.15, 0.2) is 42.5 Å². The Bertz CT molecular complexity index is 668. The van der Waals surface area contributed by atoms with Crippen LogP contribution in [0.25, 0.3) is 0 Å². The highest BCUT2D eigenvalue weighted by Gasteiger charge is 2.09. The highest BCUT2D eigenvalue weighted by molar-refractivity contribution is 5.92. The third-order valence-electron chi connectivity index (χ3n) is 3.96. The zero-order chi connectivity index (χ0) is 16.8. The Hall–Kier alpha value is -2.36. The molecule has 0 heterocycles. The van der Waals surface area contributed by atoms with Gasteiger partial charge in [0.05, 0.1) is 13.5 Å². The van der Waals surface area contributed by atoms with Crippen LogP contribution in [0.2, 0.25) is 0 Å². The molecule has 0 aliphatic heterocycles. The van der Waals surface area contributed by atoms with Gasteiger partial charge in [0.25, 0.3) is 0 Å². The SMILES string of the molecule is CCC(C)c1ccc(NC(=O)Cc2ccc(OC)c(F)c2)cc1. The van der Waals surface area contributed by atoms with Crippen LogP contribution in [0, 0.1) is 5.82 Å². The van der Waals surface area contributed by atoms with Crippen molar-refractivity contribution in [2.24, 2.45) is 0 Å². The summed E-state index contributed by atoms with van der Waals surface area (Å²) in [6, 6.07) is 12.4. The minimum Gasteiger partial charge on any atom is -0.494 e. The van der Waals surface area contributed by atoms with E-state index in [9.17, 15) is 9.18 Å². The first-order valence-corrected chi connectivity index (χ1v) is 7.75. The topological polar surface area (TPSA) is 38.3 Å². The molecule has 1 amide bonds. The van der Waals surface area contributed by atoms with Crippen molar-refractivity contribution < 1.29 is 13.9 Å². The van der Waals surface area contributed by atoms with Crippen molar-refractivity contribution in [3.8, 4) is 5.75 Å². The molecule has 2 aromatic rings. The molecule has 1 N–H and O–H groups in total. The van der Waals surface area contributed by atoms with Gasteiger partial charge in [-0.2, -0.15) is 0 Å². The average molecular weight is 315 g/mol. The van der Waals surface area contributed by atoms with Gasteiger partial charge in [-0.05, 0) is 47.7 Å². The van der Waals surface area contributed by atoms with Crippen molar-refractivity contribution in [2.45, 2.75) is 32.6 Å². The van der Waals surface area contributed by atoms with Crippen LogP contribution >= 0.6 is 0 Å². The molecule has 4 heteroatoms. The van der Waals surface area contributed by atoms with Crippen LogP contribution in [-0.4, -0.2) is 13.0 Å². The second-order valence-electron chi connectivity index (χ2n) is 5.63. The van der Waals surface area contributed by atoms with E-state index in [2.05, 4.69) is 19.2 Å². The summed E-state index contributed by atoms with van der Waals surface area (Å²) >= 11 is 0. The molecule has 0 saturated carbocycles. The Labute approximate surface area is 136 Å². The fraction of sp³-hybridized carbons (Fsp3) is 0.316. The van der Waals surface area contributed by atoms with Crippen LogP contribution in [0.1, 0.15) is 37.3 Å². The zero-order valence-corrected chi connectivity index (χ0v) is 13.7. The monoisotopic (exact) mass is 315 g/mol. The molecule has 0 bridgehead atoms. The summed E-state index contributed by atoms with van der Waals surface area (Å²) in [4.78, 5) is 12.1. The molecule has 2 aromatic carbocycles. The van der Waals surface area contributed by atoms with Gasteiger partial charge in [-0.3, -0.25) is 4.79 Å². The van der Waals surface area contributed by atoms with Gasteiger partial charge >= 0.3 is 0 Å². The molecule has 0 aliphatic rings. The minimum atomic E-state index is -0.462. The highest BCUT2D eigenvalue weighted by Crippen LogP contribution is 2.21. The van der Waals surface area contributed by atoms with E-state index in [1.165, 1.54) is 24.8 Å². The summed E-state index contributed by atoms with van der Waals surface area (Å²) in [5.74, 6) is 0.0402. The Morgan fingerprint density at radius 3 is 2.48 bits per heavy atom. The van der Waals surface area contributed by atoms with E-state index >= 15 is 0 Å². The summed E-state index contributed by atoms with van der Waals surface area (Å²) in [5.41, 5.74) is 2.61. The average Bonchev–Trinajstić information content (AvgIpc) is 2.55. The van der Waals surface area contributed by atoms with Gasteiger partial charge in [0.15, 0.2) is 11.6 Å². The van der Waals surface area contributed by atoms with E-state index in [1.54, 1.807) is 6.07 Å².